The molecule has 0 amide bonds. The number of rotatable bonds is 8. The maximum atomic E-state index is 6.16. The molecule has 1 radical (unpaired) electrons. The Labute approximate surface area is 166 Å². The number of hydrogen-bond acceptors (Lipinski definition) is 2. The number of hydrogen-bond donors (Lipinski definition) is 1. The Morgan fingerprint density at radius 2 is 2.19 bits per heavy atom. The zero-order chi connectivity index (χ0) is 18.7. The maximum absolute atomic E-state index is 6.16. The molecule has 0 spiro atoms. The minimum atomic E-state index is 0.425. The van der Waals surface area contributed by atoms with Crippen molar-refractivity contribution >= 4 is 0 Å². The Balaban J connectivity index is 1.47. The fourth-order valence-corrected chi connectivity index (χ4v) is 6.24. The summed E-state index contributed by atoms with van der Waals surface area (Å²) in [4.78, 5) is 0. The van der Waals surface area contributed by atoms with Crippen molar-refractivity contribution in [3.8, 4) is 5.75 Å². The Hall–Kier alpha value is -1.02. The van der Waals surface area contributed by atoms with E-state index in [0.717, 1.165) is 24.0 Å². The van der Waals surface area contributed by atoms with E-state index in [1.165, 1.54) is 70.8 Å². The van der Waals surface area contributed by atoms with Crippen molar-refractivity contribution in [2.24, 2.45) is 11.8 Å². The predicted octanol–water partition coefficient (Wildman–Crippen LogP) is 6.18. The molecule has 2 nitrogen and oxygen atoms in total. The van der Waals surface area contributed by atoms with Crippen LogP contribution in [0.5, 0.6) is 5.75 Å². The Kier molecular flexibility index (Phi) is 6.12. The molecule has 1 aliphatic heterocycles. The minimum Gasteiger partial charge on any atom is -0.487 e. The van der Waals surface area contributed by atoms with Gasteiger partial charge in [0.15, 0.2) is 0 Å². The lowest BCUT2D eigenvalue weighted by Crippen LogP contribution is -2.59. The second-order valence-corrected chi connectivity index (χ2v) is 9.28. The molecule has 2 bridgehead atoms. The van der Waals surface area contributed by atoms with E-state index in [1.54, 1.807) is 11.1 Å². The first-order valence-electron chi connectivity index (χ1n) is 11.6. The minimum absolute atomic E-state index is 0.425. The van der Waals surface area contributed by atoms with Crippen molar-refractivity contribution in [3.05, 3.63) is 35.9 Å². The monoisotopic (exact) mass is 368 g/mol. The molecule has 2 aliphatic carbocycles. The third kappa shape index (κ3) is 3.79. The lowest BCUT2D eigenvalue weighted by atomic mass is 9.53. The van der Waals surface area contributed by atoms with Crippen LogP contribution in [0.4, 0.5) is 0 Å². The van der Waals surface area contributed by atoms with Crippen LogP contribution in [0, 0.1) is 18.4 Å². The largest absolute Gasteiger partial charge is 0.487 e. The number of fused-ring (bicyclic) bond motifs is 1. The Bertz CT molecular complexity index is 623. The molecule has 1 heterocycles. The molecule has 1 unspecified atom stereocenters. The number of piperidine rings is 1. The summed E-state index contributed by atoms with van der Waals surface area (Å²) in [5.41, 5.74) is 3.63. The number of unbranched alkanes of at least 4 members (excludes halogenated alkanes) is 1. The first kappa shape index (κ1) is 19.3. The Morgan fingerprint density at radius 3 is 3.04 bits per heavy atom. The highest BCUT2D eigenvalue weighted by Crippen LogP contribution is 2.54. The third-order valence-electron chi connectivity index (χ3n) is 7.81. The Morgan fingerprint density at radius 1 is 1.26 bits per heavy atom. The van der Waals surface area contributed by atoms with Crippen LogP contribution in [0.3, 0.4) is 0 Å². The van der Waals surface area contributed by atoms with Gasteiger partial charge in [-0.2, -0.15) is 0 Å². The van der Waals surface area contributed by atoms with Gasteiger partial charge < -0.3 is 10.1 Å². The molecule has 1 aromatic carbocycles. The zero-order valence-electron chi connectivity index (χ0n) is 17.4. The van der Waals surface area contributed by atoms with Gasteiger partial charge in [-0.3, -0.25) is 0 Å². The fourth-order valence-electron chi connectivity index (χ4n) is 6.24. The fraction of sp³-hybridized carbons (Fsp3) is 0.720. The molecular weight excluding hydrogens is 330 g/mol. The molecule has 2 heteroatoms. The number of benzene rings is 1. The van der Waals surface area contributed by atoms with Gasteiger partial charge in [-0.05, 0) is 73.7 Å². The first-order valence-corrected chi connectivity index (χ1v) is 11.6. The highest BCUT2D eigenvalue weighted by molar-refractivity contribution is 5.45. The van der Waals surface area contributed by atoms with Crippen LogP contribution < -0.4 is 10.1 Å². The van der Waals surface area contributed by atoms with Crippen LogP contribution in [0.1, 0.15) is 89.2 Å². The molecule has 1 saturated heterocycles. The van der Waals surface area contributed by atoms with Crippen LogP contribution >= 0.6 is 0 Å². The normalized spacial score (nSPS) is 30.3. The summed E-state index contributed by atoms with van der Waals surface area (Å²) in [6.45, 7) is 7.86. The van der Waals surface area contributed by atoms with Crippen LogP contribution in [-0.2, 0) is 11.8 Å². The molecule has 1 aromatic rings. The van der Waals surface area contributed by atoms with E-state index >= 15 is 0 Å². The van der Waals surface area contributed by atoms with Gasteiger partial charge in [-0.25, -0.2) is 0 Å². The van der Waals surface area contributed by atoms with Crippen molar-refractivity contribution in [1.29, 1.82) is 0 Å². The van der Waals surface area contributed by atoms with Gasteiger partial charge in [-0.15, -0.1) is 0 Å². The average Bonchev–Trinajstić information content (AvgIpc) is 2.71. The quantitative estimate of drug-likeness (QED) is 0.591. The number of ether oxygens (including phenoxy) is 1. The summed E-state index contributed by atoms with van der Waals surface area (Å²) in [5.74, 6) is 2.68. The lowest BCUT2D eigenvalue weighted by Gasteiger charge is -2.56. The maximum Gasteiger partial charge on any atom is 0.136 e. The topological polar surface area (TPSA) is 21.3 Å². The van der Waals surface area contributed by atoms with E-state index in [0.29, 0.717) is 11.5 Å². The zero-order valence-corrected chi connectivity index (χ0v) is 17.4. The van der Waals surface area contributed by atoms with Crippen molar-refractivity contribution < 1.29 is 4.74 Å². The van der Waals surface area contributed by atoms with Crippen molar-refractivity contribution in [2.45, 2.75) is 95.9 Å². The summed E-state index contributed by atoms with van der Waals surface area (Å²) >= 11 is 0. The van der Waals surface area contributed by atoms with Crippen molar-refractivity contribution in [3.63, 3.8) is 0 Å². The molecule has 1 N–H and O–H groups in total. The van der Waals surface area contributed by atoms with Gasteiger partial charge in [-0.1, -0.05) is 58.4 Å². The molecule has 4 rings (SSSR count). The van der Waals surface area contributed by atoms with E-state index in [4.69, 9.17) is 4.74 Å². The van der Waals surface area contributed by atoms with E-state index in [1.807, 2.05) is 0 Å². The van der Waals surface area contributed by atoms with Crippen LogP contribution in [0.2, 0.25) is 0 Å². The number of nitrogens with one attached hydrogen (secondary N) is 1. The van der Waals surface area contributed by atoms with E-state index in [2.05, 4.69) is 44.0 Å². The molecule has 1 saturated carbocycles. The molecule has 4 atom stereocenters. The van der Waals surface area contributed by atoms with Crippen LogP contribution in [0.15, 0.2) is 18.2 Å². The molecule has 2 fully saturated rings. The van der Waals surface area contributed by atoms with Crippen molar-refractivity contribution in [2.75, 3.05) is 6.54 Å². The summed E-state index contributed by atoms with van der Waals surface area (Å²) in [7, 11) is 0. The molecule has 149 valence electrons. The summed E-state index contributed by atoms with van der Waals surface area (Å²) in [6, 6.07) is 7.68. The SMILES string of the molecule is CCCCC(CC)C[CH]Oc1ccc2c(c1)[C@@]13CCCC[C@H]1[C@@H](C2)NCC3. The lowest BCUT2D eigenvalue weighted by molar-refractivity contribution is 0.0795. The third-order valence-corrected chi connectivity index (χ3v) is 7.81. The van der Waals surface area contributed by atoms with Gasteiger partial charge >= 0.3 is 0 Å². The summed E-state index contributed by atoms with van der Waals surface area (Å²) in [6.07, 6.45) is 14.4. The smallest absolute Gasteiger partial charge is 0.136 e. The molecule has 27 heavy (non-hydrogen) atoms. The first-order chi connectivity index (χ1) is 13.3. The van der Waals surface area contributed by atoms with Gasteiger partial charge in [0.05, 0.1) is 0 Å². The highest BCUT2D eigenvalue weighted by atomic mass is 16.5. The van der Waals surface area contributed by atoms with Crippen molar-refractivity contribution in [1.82, 2.24) is 5.32 Å². The van der Waals surface area contributed by atoms with E-state index < -0.39 is 0 Å². The molecule has 3 aliphatic rings. The van der Waals surface area contributed by atoms with Crippen LogP contribution in [0.25, 0.3) is 0 Å². The van der Waals surface area contributed by atoms with Gasteiger partial charge in [0.2, 0.25) is 0 Å². The molecule has 0 aromatic heterocycles. The van der Waals surface area contributed by atoms with Gasteiger partial charge in [0.25, 0.3) is 0 Å². The predicted molar refractivity (Wildman–Crippen MR) is 113 cm³/mol. The summed E-state index contributed by atoms with van der Waals surface area (Å²) in [5, 5.41) is 3.83. The summed E-state index contributed by atoms with van der Waals surface area (Å²) < 4.78 is 6.16. The van der Waals surface area contributed by atoms with E-state index in [9.17, 15) is 0 Å². The van der Waals surface area contributed by atoms with E-state index in [-0.39, 0.29) is 0 Å². The highest BCUT2D eigenvalue weighted by Gasteiger charge is 2.51. The van der Waals surface area contributed by atoms with Gasteiger partial charge in [0, 0.05) is 11.5 Å². The second kappa shape index (κ2) is 8.55. The molecular formula is C25H38NO. The standard InChI is InChI=1S/C25H38NO/c1-3-5-8-19(4-2)12-16-27-21-11-10-20-17-24-22-9-6-7-13-25(22,14-15-26-24)23(20)18-21/h10-11,16,18-19,22,24,26H,3-9,12-15,17H2,1-2H3/t19?,22-,24+,25+/m0/s1. The second-order valence-electron chi connectivity index (χ2n) is 9.28. The average molecular weight is 369 g/mol. The van der Waals surface area contributed by atoms with Gasteiger partial charge in [0.1, 0.15) is 12.4 Å². The van der Waals surface area contributed by atoms with Crippen LogP contribution in [-0.4, -0.2) is 12.6 Å².